The Bertz CT molecular complexity index is 924. The second-order valence-corrected chi connectivity index (χ2v) is 6.10. The second-order valence-electron chi connectivity index (χ2n) is 6.10. The van der Waals surface area contributed by atoms with Gasteiger partial charge in [0.15, 0.2) is 5.78 Å². The van der Waals surface area contributed by atoms with Gasteiger partial charge >= 0.3 is 0 Å². The smallest absolute Gasteiger partial charge is 0.185 e. The van der Waals surface area contributed by atoms with Crippen LogP contribution in [0.25, 0.3) is 12.2 Å². The quantitative estimate of drug-likeness (QED) is 0.276. The van der Waals surface area contributed by atoms with Gasteiger partial charge in [-0.3, -0.25) is 4.79 Å². The number of carbonyl (C=O) groups is 1. The standard InChI is InChI=1S/C25H22O3/c1-2-20-8-13-23(14-9-20)27-18-19-28-24-15-10-21(11-16-24)12-17-25(26)22-6-4-3-5-7-22/h2-17H,1,18-19H2/b17-12+. The van der Waals surface area contributed by atoms with Crippen molar-refractivity contribution in [3.63, 3.8) is 0 Å². The molecule has 0 amide bonds. The SMILES string of the molecule is C=Cc1ccc(OCCOc2ccc(/C=C/C(=O)c3ccccc3)cc2)cc1. The maximum atomic E-state index is 12.1. The molecule has 28 heavy (non-hydrogen) atoms. The second kappa shape index (κ2) is 9.93. The first kappa shape index (κ1) is 19.2. The largest absolute Gasteiger partial charge is 0.490 e. The minimum absolute atomic E-state index is 0.0146. The highest BCUT2D eigenvalue weighted by Crippen LogP contribution is 2.15. The molecule has 0 unspecified atom stereocenters. The summed E-state index contributed by atoms with van der Waals surface area (Å²) in [6, 6.07) is 24.5. The molecule has 0 aliphatic heterocycles. The zero-order valence-corrected chi connectivity index (χ0v) is 15.6. The number of benzene rings is 3. The molecule has 0 N–H and O–H groups in total. The fraction of sp³-hybridized carbons (Fsp3) is 0.0800. The van der Waals surface area contributed by atoms with Gasteiger partial charge in [-0.2, -0.15) is 0 Å². The first-order chi connectivity index (χ1) is 13.7. The van der Waals surface area contributed by atoms with E-state index >= 15 is 0 Å². The molecule has 0 saturated heterocycles. The molecule has 0 aliphatic carbocycles. The minimum atomic E-state index is -0.0146. The summed E-state index contributed by atoms with van der Waals surface area (Å²) >= 11 is 0. The lowest BCUT2D eigenvalue weighted by molar-refractivity contribution is 0.104. The van der Waals surface area contributed by atoms with Crippen molar-refractivity contribution in [2.24, 2.45) is 0 Å². The molecule has 3 aromatic rings. The monoisotopic (exact) mass is 370 g/mol. The van der Waals surface area contributed by atoms with Gasteiger partial charge in [-0.15, -0.1) is 0 Å². The van der Waals surface area contributed by atoms with E-state index in [0.29, 0.717) is 18.8 Å². The van der Waals surface area contributed by atoms with Gasteiger partial charge in [-0.25, -0.2) is 0 Å². The van der Waals surface area contributed by atoms with Crippen LogP contribution in [0.15, 0.2) is 91.5 Å². The molecule has 0 spiro atoms. The Balaban J connectivity index is 1.44. The van der Waals surface area contributed by atoms with Crippen molar-refractivity contribution in [2.75, 3.05) is 13.2 Å². The molecule has 0 fully saturated rings. The van der Waals surface area contributed by atoms with Crippen LogP contribution in [0.3, 0.4) is 0 Å². The molecule has 3 aromatic carbocycles. The summed E-state index contributed by atoms with van der Waals surface area (Å²) in [5.74, 6) is 1.55. The lowest BCUT2D eigenvalue weighted by Gasteiger charge is -2.08. The number of rotatable bonds is 9. The van der Waals surface area contributed by atoms with Crippen LogP contribution in [0, 0.1) is 0 Å². The van der Waals surface area contributed by atoms with E-state index in [1.54, 1.807) is 30.4 Å². The third-order valence-corrected chi connectivity index (χ3v) is 4.10. The van der Waals surface area contributed by atoms with Gasteiger partial charge in [0.05, 0.1) is 0 Å². The molecule has 3 nitrogen and oxygen atoms in total. The summed E-state index contributed by atoms with van der Waals surface area (Å²) in [5, 5.41) is 0. The van der Waals surface area contributed by atoms with Crippen LogP contribution in [-0.2, 0) is 0 Å². The molecule has 0 radical (unpaired) electrons. The number of hydrogen-bond acceptors (Lipinski definition) is 3. The van der Waals surface area contributed by atoms with Gasteiger partial charge in [-0.1, -0.05) is 73.3 Å². The number of ether oxygens (including phenoxy) is 2. The van der Waals surface area contributed by atoms with Crippen LogP contribution >= 0.6 is 0 Å². The van der Waals surface area contributed by atoms with Gasteiger partial charge in [-0.05, 0) is 41.5 Å². The highest BCUT2D eigenvalue weighted by atomic mass is 16.5. The van der Waals surface area contributed by atoms with E-state index < -0.39 is 0 Å². The lowest BCUT2D eigenvalue weighted by Crippen LogP contribution is -2.08. The highest BCUT2D eigenvalue weighted by molar-refractivity contribution is 6.06. The van der Waals surface area contributed by atoms with E-state index in [1.807, 2.05) is 66.7 Å². The lowest BCUT2D eigenvalue weighted by atomic mass is 10.1. The summed E-state index contributed by atoms with van der Waals surface area (Å²) in [6.45, 7) is 4.64. The molecule has 3 heteroatoms. The molecule has 0 bridgehead atoms. The summed E-state index contributed by atoms with van der Waals surface area (Å²) < 4.78 is 11.3. The first-order valence-electron chi connectivity index (χ1n) is 9.10. The van der Waals surface area contributed by atoms with Crippen LogP contribution in [0.5, 0.6) is 11.5 Å². The molecule has 0 aromatic heterocycles. The van der Waals surface area contributed by atoms with Crippen molar-refractivity contribution in [3.8, 4) is 11.5 Å². The Morgan fingerprint density at radius 2 is 1.29 bits per heavy atom. The molecule has 3 rings (SSSR count). The molecule has 0 aliphatic rings. The van der Waals surface area contributed by atoms with Crippen molar-refractivity contribution in [1.82, 2.24) is 0 Å². The number of allylic oxidation sites excluding steroid dienone is 1. The van der Waals surface area contributed by atoms with Crippen LogP contribution in [0.4, 0.5) is 0 Å². The predicted molar refractivity (Wildman–Crippen MR) is 114 cm³/mol. The minimum Gasteiger partial charge on any atom is -0.490 e. The van der Waals surface area contributed by atoms with E-state index in [9.17, 15) is 4.79 Å². The molecule has 0 atom stereocenters. The number of hydrogen-bond donors (Lipinski definition) is 0. The van der Waals surface area contributed by atoms with E-state index in [0.717, 1.165) is 22.6 Å². The Hall–Kier alpha value is -3.59. The van der Waals surface area contributed by atoms with E-state index in [4.69, 9.17) is 9.47 Å². The maximum absolute atomic E-state index is 12.1. The Kier molecular flexibility index (Phi) is 6.80. The van der Waals surface area contributed by atoms with Crippen molar-refractivity contribution in [3.05, 3.63) is 108 Å². The van der Waals surface area contributed by atoms with Crippen molar-refractivity contribution < 1.29 is 14.3 Å². The van der Waals surface area contributed by atoms with Gasteiger partial charge in [0.1, 0.15) is 24.7 Å². The van der Waals surface area contributed by atoms with Crippen molar-refractivity contribution in [1.29, 1.82) is 0 Å². The average molecular weight is 370 g/mol. The summed E-state index contributed by atoms with van der Waals surface area (Å²) in [7, 11) is 0. The van der Waals surface area contributed by atoms with E-state index in [-0.39, 0.29) is 5.78 Å². The van der Waals surface area contributed by atoms with Crippen LogP contribution in [-0.4, -0.2) is 19.0 Å². The molecular formula is C25H22O3. The number of ketones is 1. The van der Waals surface area contributed by atoms with Gasteiger partial charge < -0.3 is 9.47 Å². The molecule has 0 heterocycles. The topological polar surface area (TPSA) is 35.5 Å². The van der Waals surface area contributed by atoms with Crippen LogP contribution in [0.2, 0.25) is 0 Å². The molecule has 0 saturated carbocycles. The van der Waals surface area contributed by atoms with E-state index in [1.165, 1.54) is 0 Å². The normalized spacial score (nSPS) is 10.6. The van der Waals surface area contributed by atoms with Crippen molar-refractivity contribution in [2.45, 2.75) is 0 Å². The van der Waals surface area contributed by atoms with Crippen LogP contribution < -0.4 is 9.47 Å². The third kappa shape index (κ3) is 5.71. The van der Waals surface area contributed by atoms with Gasteiger partial charge in [0.25, 0.3) is 0 Å². The third-order valence-electron chi connectivity index (χ3n) is 4.10. The van der Waals surface area contributed by atoms with Crippen LogP contribution in [0.1, 0.15) is 21.5 Å². The fourth-order valence-electron chi connectivity index (χ4n) is 2.56. The number of carbonyl (C=O) groups excluding carboxylic acids is 1. The predicted octanol–water partition coefficient (Wildman–Crippen LogP) is 5.68. The first-order valence-corrected chi connectivity index (χ1v) is 9.10. The maximum Gasteiger partial charge on any atom is 0.185 e. The molecular weight excluding hydrogens is 348 g/mol. The Morgan fingerprint density at radius 1 is 0.750 bits per heavy atom. The Morgan fingerprint density at radius 3 is 1.82 bits per heavy atom. The fourth-order valence-corrected chi connectivity index (χ4v) is 2.56. The van der Waals surface area contributed by atoms with Crippen molar-refractivity contribution >= 4 is 17.9 Å². The Labute approximate surface area is 165 Å². The summed E-state index contributed by atoms with van der Waals surface area (Å²) in [6.07, 6.45) is 5.18. The summed E-state index contributed by atoms with van der Waals surface area (Å²) in [5.41, 5.74) is 2.68. The average Bonchev–Trinajstić information content (AvgIpc) is 2.77. The zero-order valence-electron chi connectivity index (χ0n) is 15.6. The van der Waals surface area contributed by atoms with E-state index in [2.05, 4.69) is 6.58 Å². The highest BCUT2D eigenvalue weighted by Gasteiger charge is 2.00. The van der Waals surface area contributed by atoms with Gasteiger partial charge in [0, 0.05) is 5.56 Å². The molecule has 140 valence electrons. The van der Waals surface area contributed by atoms with Gasteiger partial charge in [0.2, 0.25) is 0 Å². The summed E-state index contributed by atoms with van der Waals surface area (Å²) in [4.78, 5) is 12.1. The zero-order chi connectivity index (χ0) is 19.6.